The van der Waals surface area contributed by atoms with E-state index in [2.05, 4.69) is 4.98 Å². The molecule has 86 valence electrons. The molecule has 17 heavy (non-hydrogen) atoms. The maximum atomic E-state index is 11.6. The molecule has 1 fully saturated rings. The summed E-state index contributed by atoms with van der Waals surface area (Å²) in [5.74, 6) is -0.0573. The molecule has 0 spiro atoms. The van der Waals surface area contributed by atoms with E-state index in [0.717, 1.165) is 10.9 Å². The topological polar surface area (TPSA) is 76.0 Å². The van der Waals surface area contributed by atoms with Gasteiger partial charge < -0.3 is 10.7 Å². The summed E-state index contributed by atoms with van der Waals surface area (Å²) in [6, 6.07) is 7.50. The Hall–Kier alpha value is -2.10. The maximum Gasteiger partial charge on any atom is 0.261 e. The SMILES string of the molecule is NC(=O)c1cc2ccc(C3CC3)cc2[nH]c1=O. The van der Waals surface area contributed by atoms with E-state index in [0.29, 0.717) is 5.92 Å². The lowest BCUT2D eigenvalue weighted by Crippen LogP contribution is -2.23. The van der Waals surface area contributed by atoms with Gasteiger partial charge >= 0.3 is 0 Å². The predicted molar refractivity (Wildman–Crippen MR) is 65.1 cm³/mol. The zero-order valence-electron chi connectivity index (χ0n) is 9.19. The average molecular weight is 228 g/mol. The van der Waals surface area contributed by atoms with Gasteiger partial charge in [-0.3, -0.25) is 9.59 Å². The Morgan fingerprint density at radius 1 is 1.29 bits per heavy atom. The average Bonchev–Trinajstić information content (AvgIpc) is 3.10. The lowest BCUT2D eigenvalue weighted by molar-refractivity contribution is 0.0999. The first-order chi connectivity index (χ1) is 8.15. The van der Waals surface area contributed by atoms with Gasteiger partial charge in [-0.05, 0) is 41.8 Å². The van der Waals surface area contributed by atoms with Gasteiger partial charge in [0.1, 0.15) is 5.56 Å². The van der Waals surface area contributed by atoms with Crippen molar-refractivity contribution in [2.45, 2.75) is 18.8 Å². The third-order valence-corrected chi connectivity index (χ3v) is 3.18. The minimum Gasteiger partial charge on any atom is -0.365 e. The molecule has 1 heterocycles. The number of rotatable bonds is 2. The zero-order valence-corrected chi connectivity index (χ0v) is 9.19. The van der Waals surface area contributed by atoms with Crippen LogP contribution in [-0.4, -0.2) is 10.9 Å². The smallest absolute Gasteiger partial charge is 0.261 e. The molecule has 1 aromatic carbocycles. The number of nitrogens with two attached hydrogens (primary N) is 1. The van der Waals surface area contributed by atoms with E-state index in [9.17, 15) is 9.59 Å². The van der Waals surface area contributed by atoms with Crippen LogP contribution in [0.25, 0.3) is 10.9 Å². The monoisotopic (exact) mass is 228 g/mol. The van der Waals surface area contributed by atoms with Crippen molar-refractivity contribution in [2.75, 3.05) is 0 Å². The molecule has 0 atom stereocenters. The van der Waals surface area contributed by atoms with Crippen molar-refractivity contribution in [1.82, 2.24) is 4.98 Å². The first-order valence-corrected chi connectivity index (χ1v) is 5.62. The number of hydrogen-bond donors (Lipinski definition) is 2. The number of carbonyl (C=O) groups is 1. The van der Waals surface area contributed by atoms with Gasteiger partial charge in [-0.2, -0.15) is 0 Å². The van der Waals surface area contributed by atoms with Crippen molar-refractivity contribution in [2.24, 2.45) is 5.73 Å². The van der Waals surface area contributed by atoms with Gasteiger partial charge in [0.05, 0.1) is 0 Å². The van der Waals surface area contributed by atoms with E-state index in [1.807, 2.05) is 18.2 Å². The van der Waals surface area contributed by atoms with Crippen molar-refractivity contribution in [1.29, 1.82) is 0 Å². The van der Waals surface area contributed by atoms with E-state index >= 15 is 0 Å². The molecule has 0 bridgehead atoms. The molecule has 2 aromatic rings. The molecule has 0 aliphatic heterocycles. The number of hydrogen-bond acceptors (Lipinski definition) is 2. The van der Waals surface area contributed by atoms with Gasteiger partial charge in [-0.15, -0.1) is 0 Å². The van der Waals surface area contributed by atoms with Gasteiger partial charge in [-0.25, -0.2) is 0 Å². The summed E-state index contributed by atoms with van der Waals surface area (Å²) >= 11 is 0. The second-order valence-corrected chi connectivity index (χ2v) is 4.50. The molecule has 1 saturated carbocycles. The van der Waals surface area contributed by atoms with Gasteiger partial charge in [0.15, 0.2) is 0 Å². The summed E-state index contributed by atoms with van der Waals surface area (Å²) in [5.41, 5.74) is 6.74. The molecule has 4 heteroatoms. The highest BCUT2D eigenvalue weighted by Gasteiger charge is 2.23. The van der Waals surface area contributed by atoms with Gasteiger partial charge in [0.25, 0.3) is 11.5 Å². The van der Waals surface area contributed by atoms with E-state index in [4.69, 9.17) is 5.73 Å². The summed E-state index contributed by atoms with van der Waals surface area (Å²) in [7, 11) is 0. The maximum absolute atomic E-state index is 11.6. The van der Waals surface area contributed by atoms with Crippen molar-refractivity contribution in [3.63, 3.8) is 0 Å². The highest BCUT2D eigenvalue weighted by Crippen LogP contribution is 2.40. The summed E-state index contributed by atoms with van der Waals surface area (Å²) in [5, 5.41) is 0.836. The minimum atomic E-state index is -0.695. The molecular formula is C13H12N2O2. The van der Waals surface area contributed by atoms with Crippen LogP contribution < -0.4 is 11.3 Å². The number of pyridine rings is 1. The Balaban J connectivity index is 2.21. The Bertz CT molecular complexity index is 669. The van der Waals surface area contributed by atoms with Crippen LogP contribution >= 0.6 is 0 Å². The summed E-state index contributed by atoms with van der Waals surface area (Å²) in [4.78, 5) is 25.4. The van der Waals surface area contributed by atoms with Crippen LogP contribution in [0.15, 0.2) is 29.1 Å². The van der Waals surface area contributed by atoms with Crippen LogP contribution in [0.3, 0.4) is 0 Å². The molecule has 3 N–H and O–H groups in total. The largest absolute Gasteiger partial charge is 0.365 e. The molecular weight excluding hydrogens is 216 g/mol. The lowest BCUT2D eigenvalue weighted by atomic mass is 10.1. The standard InChI is InChI=1S/C13H12N2O2/c14-12(16)10-5-9-4-3-8(7-1-2-7)6-11(9)15-13(10)17/h3-7H,1-2H2,(H2,14,16)(H,15,17). The number of benzene rings is 1. The minimum absolute atomic E-state index is 0.0108. The van der Waals surface area contributed by atoms with Crippen LogP contribution in [0, 0.1) is 0 Å². The van der Waals surface area contributed by atoms with Crippen molar-refractivity contribution >= 4 is 16.8 Å². The molecule has 1 aliphatic rings. The molecule has 1 aliphatic carbocycles. The molecule has 4 nitrogen and oxygen atoms in total. The molecule has 0 saturated heterocycles. The molecule has 3 rings (SSSR count). The Kier molecular flexibility index (Phi) is 2.04. The van der Waals surface area contributed by atoms with E-state index in [-0.39, 0.29) is 5.56 Å². The molecule has 1 amide bonds. The number of carbonyl (C=O) groups excluding carboxylic acids is 1. The number of aromatic amines is 1. The van der Waals surface area contributed by atoms with E-state index in [1.54, 1.807) is 6.07 Å². The second-order valence-electron chi connectivity index (χ2n) is 4.50. The first kappa shape index (κ1) is 10.1. The third kappa shape index (κ3) is 1.71. The normalized spacial score (nSPS) is 15.1. The fraction of sp³-hybridized carbons (Fsp3) is 0.231. The number of aromatic nitrogens is 1. The fourth-order valence-electron chi connectivity index (χ4n) is 2.07. The molecule has 0 unspecified atom stereocenters. The summed E-state index contributed by atoms with van der Waals surface area (Å²) < 4.78 is 0. The Morgan fingerprint density at radius 3 is 2.71 bits per heavy atom. The first-order valence-electron chi connectivity index (χ1n) is 5.62. The van der Waals surface area contributed by atoms with Crippen molar-refractivity contribution in [3.05, 3.63) is 45.7 Å². The third-order valence-electron chi connectivity index (χ3n) is 3.18. The number of primary amides is 1. The van der Waals surface area contributed by atoms with Crippen LogP contribution in [0.4, 0.5) is 0 Å². The van der Waals surface area contributed by atoms with Crippen LogP contribution in [0.2, 0.25) is 0 Å². The van der Waals surface area contributed by atoms with Crippen LogP contribution in [-0.2, 0) is 0 Å². The summed E-state index contributed by atoms with van der Waals surface area (Å²) in [6.07, 6.45) is 2.43. The van der Waals surface area contributed by atoms with Gasteiger partial charge in [0, 0.05) is 5.52 Å². The van der Waals surface area contributed by atoms with Crippen molar-refractivity contribution in [3.8, 4) is 0 Å². The van der Waals surface area contributed by atoms with E-state index < -0.39 is 11.5 Å². The quantitative estimate of drug-likeness (QED) is 0.817. The van der Waals surface area contributed by atoms with Gasteiger partial charge in [-0.1, -0.05) is 12.1 Å². The van der Waals surface area contributed by atoms with Gasteiger partial charge in [0.2, 0.25) is 0 Å². The number of nitrogens with one attached hydrogen (secondary N) is 1. The number of amides is 1. The highest BCUT2D eigenvalue weighted by atomic mass is 16.2. The van der Waals surface area contributed by atoms with E-state index in [1.165, 1.54) is 18.4 Å². The Labute approximate surface area is 97.4 Å². The number of H-pyrrole nitrogens is 1. The zero-order chi connectivity index (χ0) is 12.0. The highest BCUT2D eigenvalue weighted by molar-refractivity contribution is 5.96. The predicted octanol–water partition coefficient (Wildman–Crippen LogP) is 1.50. The fourth-order valence-corrected chi connectivity index (χ4v) is 2.07. The van der Waals surface area contributed by atoms with Crippen LogP contribution in [0.5, 0.6) is 0 Å². The van der Waals surface area contributed by atoms with Crippen molar-refractivity contribution < 1.29 is 4.79 Å². The summed E-state index contributed by atoms with van der Waals surface area (Å²) in [6.45, 7) is 0. The number of fused-ring (bicyclic) bond motifs is 1. The Morgan fingerprint density at radius 2 is 2.06 bits per heavy atom. The molecule has 0 radical (unpaired) electrons. The lowest BCUT2D eigenvalue weighted by Gasteiger charge is -2.03. The van der Waals surface area contributed by atoms with Crippen LogP contribution in [0.1, 0.15) is 34.7 Å². The molecule has 1 aromatic heterocycles. The second kappa shape index (κ2) is 3.45.